The number of nitrogens with zero attached hydrogens (tertiary/aromatic N) is 3. The van der Waals surface area contributed by atoms with Crippen molar-refractivity contribution in [2.24, 2.45) is 0 Å². The number of hydrogen-bond donors (Lipinski definition) is 0. The number of rotatable bonds is 11. The number of carbonyl (C=O) groups is 1. The maximum Gasteiger partial charge on any atom is 0.262 e. The van der Waals surface area contributed by atoms with Gasteiger partial charge < -0.3 is 14.4 Å². The number of ether oxygens (including phenoxy) is 2. The number of carbonyl (C=O) groups excluding carboxylic acids is 1. The maximum absolute atomic E-state index is 14.0. The van der Waals surface area contributed by atoms with Crippen LogP contribution in [-0.4, -0.2) is 53.5 Å². The lowest BCUT2D eigenvalue weighted by molar-refractivity contribution is -0.128. The predicted molar refractivity (Wildman–Crippen MR) is 127 cm³/mol. The van der Waals surface area contributed by atoms with Crippen LogP contribution in [0.1, 0.15) is 18.9 Å². The highest BCUT2D eigenvalue weighted by Gasteiger charge is 2.17. The van der Waals surface area contributed by atoms with Crippen LogP contribution in [0.4, 0.5) is 4.39 Å². The number of amides is 1. The highest BCUT2D eigenvalue weighted by Crippen LogP contribution is 2.21. The van der Waals surface area contributed by atoms with E-state index in [-0.39, 0.29) is 29.5 Å². The summed E-state index contributed by atoms with van der Waals surface area (Å²) in [5.74, 6) is -0.308. The zero-order chi connectivity index (χ0) is 23.8. The van der Waals surface area contributed by atoms with Gasteiger partial charge in [-0.15, -0.1) is 0 Å². The van der Waals surface area contributed by atoms with Crippen LogP contribution in [-0.2, 0) is 22.6 Å². The zero-order valence-electron chi connectivity index (χ0n) is 19.0. The number of para-hydroxylation sites is 1. The number of benzene rings is 2. The van der Waals surface area contributed by atoms with Crippen molar-refractivity contribution < 1.29 is 18.7 Å². The molecule has 0 aliphatic rings. The molecule has 0 aliphatic carbocycles. The van der Waals surface area contributed by atoms with E-state index in [1.165, 1.54) is 24.9 Å². The van der Waals surface area contributed by atoms with Crippen LogP contribution in [0.25, 0.3) is 10.9 Å². The minimum absolute atomic E-state index is 0.113. The van der Waals surface area contributed by atoms with Crippen molar-refractivity contribution in [1.29, 1.82) is 0 Å². The fourth-order valence-electron chi connectivity index (χ4n) is 3.44. The lowest BCUT2D eigenvalue weighted by atomic mass is 10.2. The Kier molecular flexibility index (Phi) is 8.85. The molecule has 0 radical (unpaired) electrons. The summed E-state index contributed by atoms with van der Waals surface area (Å²) in [7, 11) is 3.02. The van der Waals surface area contributed by atoms with E-state index in [2.05, 4.69) is 4.98 Å². The minimum atomic E-state index is -0.465. The van der Waals surface area contributed by atoms with Crippen molar-refractivity contribution in [3.63, 3.8) is 0 Å². The van der Waals surface area contributed by atoms with E-state index >= 15 is 0 Å². The zero-order valence-corrected chi connectivity index (χ0v) is 19.9. The van der Waals surface area contributed by atoms with Crippen molar-refractivity contribution >= 4 is 28.6 Å². The first kappa shape index (κ1) is 24.7. The van der Waals surface area contributed by atoms with Crippen LogP contribution < -0.4 is 10.3 Å². The predicted octanol–water partition coefficient (Wildman–Crippen LogP) is 3.72. The molecule has 0 spiro atoms. The van der Waals surface area contributed by atoms with Crippen LogP contribution in [0, 0.1) is 5.82 Å². The summed E-state index contributed by atoms with van der Waals surface area (Å²) in [4.78, 5) is 32.2. The quantitative estimate of drug-likeness (QED) is 0.240. The molecule has 9 heteroatoms. The van der Waals surface area contributed by atoms with Crippen molar-refractivity contribution in [2.45, 2.75) is 31.6 Å². The Balaban J connectivity index is 1.77. The molecule has 2 aromatic carbocycles. The van der Waals surface area contributed by atoms with Gasteiger partial charge in [-0.25, -0.2) is 9.37 Å². The second-order valence-corrected chi connectivity index (χ2v) is 8.32. The number of hydrogen-bond acceptors (Lipinski definition) is 6. The second-order valence-electron chi connectivity index (χ2n) is 7.38. The number of aromatic nitrogens is 2. The molecule has 176 valence electrons. The molecule has 0 unspecified atom stereocenters. The highest BCUT2D eigenvalue weighted by molar-refractivity contribution is 7.99. The first-order chi connectivity index (χ1) is 16.0. The maximum atomic E-state index is 14.0. The Hall–Kier alpha value is -2.91. The standard InChI is InChI=1S/C24H28FN3O4S/c1-4-27(15-17-10-11-21(32-3)19(25)14-17)22(29)16-33-24-26-20-9-6-5-8-18(20)23(30)28(24)12-7-13-31-2/h5-6,8-11,14H,4,7,12-13,15-16H2,1-3H3. The number of fused-ring (bicyclic) bond motifs is 1. The molecule has 1 heterocycles. The monoisotopic (exact) mass is 473 g/mol. The van der Waals surface area contributed by atoms with Crippen molar-refractivity contribution in [1.82, 2.24) is 14.5 Å². The molecule has 33 heavy (non-hydrogen) atoms. The van der Waals surface area contributed by atoms with E-state index < -0.39 is 5.82 Å². The van der Waals surface area contributed by atoms with Gasteiger partial charge in [-0.2, -0.15) is 0 Å². The molecule has 0 saturated carbocycles. The SMILES string of the molecule is CCN(Cc1ccc(OC)c(F)c1)C(=O)CSc1nc2ccccc2c(=O)n1CCCOC. The number of halogens is 1. The van der Waals surface area contributed by atoms with Gasteiger partial charge in [0.25, 0.3) is 5.56 Å². The Morgan fingerprint density at radius 1 is 1.21 bits per heavy atom. The summed E-state index contributed by atoms with van der Waals surface area (Å²) >= 11 is 1.23. The Morgan fingerprint density at radius 2 is 2.00 bits per heavy atom. The van der Waals surface area contributed by atoms with E-state index in [0.29, 0.717) is 47.7 Å². The van der Waals surface area contributed by atoms with Gasteiger partial charge in [0.15, 0.2) is 16.7 Å². The lowest BCUT2D eigenvalue weighted by Gasteiger charge is -2.21. The molecule has 3 rings (SSSR count). The van der Waals surface area contributed by atoms with Gasteiger partial charge in [-0.1, -0.05) is 30.0 Å². The third-order valence-corrected chi connectivity index (χ3v) is 6.17. The van der Waals surface area contributed by atoms with E-state index in [0.717, 1.165) is 0 Å². The largest absolute Gasteiger partial charge is 0.494 e. The average Bonchev–Trinajstić information content (AvgIpc) is 2.82. The second kappa shape index (κ2) is 11.8. The normalized spacial score (nSPS) is 11.0. The summed E-state index contributed by atoms with van der Waals surface area (Å²) in [6, 6.07) is 11.8. The van der Waals surface area contributed by atoms with E-state index in [1.807, 2.05) is 19.1 Å². The van der Waals surface area contributed by atoms with Crippen LogP contribution in [0.15, 0.2) is 52.4 Å². The molecule has 1 aromatic heterocycles. The van der Waals surface area contributed by atoms with Crippen molar-refractivity contribution in [2.75, 3.05) is 33.1 Å². The molecular formula is C24H28FN3O4S. The molecule has 0 aliphatic heterocycles. The molecule has 7 nitrogen and oxygen atoms in total. The lowest BCUT2D eigenvalue weighted by Crippen LogP contribution is -2.32. The third-order valence-electron chi connectivity index (χ3n) is 5.21. The van der Waals surface area contributed by atoms with Crippen LogP contribution in [0.5, 0.6) is 5.75 Å². The molecule has 0 atom stereocenters. The van der Waals surface area contributed by atoms with E-state index in [1.54, 1.807) is 40.8 Å². The average molecular weight is 474 g/mol. The minimum Gasteiger partial charge on any atom is -0.494 e. The summed E-state index contributed by atoms with van der Waals surface area (Å²) in [6.45, 7) is 3.59. The van der Waals surface area contributed by atoms with Gasteiger partial charge in [0.2, 0.25) is 5.91 Å². The van der Waals surface area contributed by atoms with Crippen LogP contribution >= 0.6 is 11.8 Å². The van der Waals surface area contributed by atoms with Crippen LogP contribution in [0.2, 0.25) is 0 Å². The highest BCUT2D eigenvalue weighted by atomic mass is 32.2. The van der Waals surface area contributed by atoms with Gasteiger partial charge in [-0.05, 0) is 43.2 Å². The van der Waals surface area contributed by atoms with Gasteiger partial charge >= 0.3 is 0 Å². The fourth-order valence-corrected chi connectivity index (χ4v) is 4.37. The van der Waals surface area contributed by atoms with Crippen LogP contribution in [0.3, 0.4) is 0 Å². The molecule has 1 amide bonds. The molecular weight excluding hydrogens is 445 g/mol. The number of methoxy groups -OCH3 is 2. The third kappa shape index (κ3) is 6.11. The molecule has 0 bridgehead atoms. The van der Waals surface area contributed by atoms with Gasteiger partial charge in [0.1, 0.15) is 0 Å². The first-order valence-electron chi connectivity index (χ1n) is 10.7. The molecule has 3 aromatic rings. The summed E-state index contributed by atoms with van der Waals surface area (Å²) < 4.78 is 25.7. The Morgan fingerprint density at radius 3 is 2.70 bits per heavy atom. The Labute approximate surface area is 196 Å². The van der Waals surface area contributed by atoms with Gasteiger partial charge in [0, 0.05) is 33.4 Å². The first-order valence-corrected chi connectivity index (χ1v) is 11.7. The topological polar surface area (TPSA) is 73.7 Å². The fraction of sp³-hybridized carbons (Fsp3) is 0.375. The van der Waals surface area contributed by atoms with Crippen molar-refractivity contribution in [3.8, 4) is 5.75 Å². The van der Waals surface area contributed by atoms with Gasteiger partial charge in [-0.3, -0.25) is 14.2 Å². The van der Waals surface area contributed by atoms with Crippen molar-refractivity contribution in [3.05, 3.63) is 64.2 Å². The molecule has 0 fully saturated rings. The van der Waals surface area contributed by atoms with Gasteiger partial charge in [0.05, 0.1) is 23.8 Å². The summed E-state index contributed by atoms with van der Waals surface area (Å²) in [6.07, 6.45) is 0.655. The number of thioether (sulfide) groups is 1. The summed E-state index contributed by atoms with van der Waals surface area (Å²) in [5.41, 5.74) is 1.14. The smallest absolute Gasteiger partial charge is 0.262 e. The van der Waals surface area contributed by atoms with E-state index in [4.69, 9.17) is 9.47 Å². The molecule has 0 N–H and O–H groups in total. The Bertz CT molecular complexity index is 1170. The van der Waals surface area contributed by atoms with E-state index in [9.17, 15) is 14.0 Å². The summed E-state index contributed by atoms with van der Waals surface area (Å²) in [5, 5.41) is 1.04. The molecule has 0 saturated heterocycles.